The summed E-state index contributed by atoms with van der Waals surface area (Å²) < 4.78 is 5.75. The van der Waals surface area contributed by atoms with E-state index in [-0.39, 0.29) is 12.1 Å². The van der Waals surface area contributed by atoms with Crippen LogP contribution in [0.25, 0.3) is 0 Å². The van der Waals surface area contributed by atoms with E-state index in [1.807, 2.05) is 14.0 Å². The molecule has 2 aliphatic heterocycles. The molecule has 3 rings (SSSR count). The molecular formula is C12H20N4O2. The molecule has 6 heteroatoms. The third kappa shape index (κ3) is 1.89. The predicted octanol–water partition coefficient (Wildman–Crippen LogP) is 0.842. The largest absolute Gasteiger partial charge is 0.406 e. The Morgan fingerprint density at radius 1 is 1.33 bits per heavy atom. The van der Waals surface area contributed by atoms with Gasteiger partial charge in [-0.25, -0.2) is 0 Å². The fraction of sp³-hybridized carbons (Fsp3) is 0.833. The van der Waals surface area contributed by atoms with Crippen LogP contribution in [0.4, 0.5) is 6.01 Å². The van der Waals surface area contributed by atoms with Gasteiger partial charge in [-0.2, -0.15) is 0 Å². The summed E-state index contributed by atoms with van der Waals surface area (Å²) in [4.78, 5) is 2.21. The van der Waals surface area contributed by atoms with Gasteiger partial charge in [0.1, 0.15) is 0 Å². The first-order valence-electron chi connectivity index (χ1n) is 6.66. The molecule has 1 aromatic heterocycles. The zero-order valence-corrected chi connectivity index (χ0v) is 10.8. The second kappa shape index (κ2) is 4.51. The molecule has 100 valence electrons. The Labute approximate surface area is 106 Å². The smallest absolute Gasteiger partial charge is 0.318 e. The van der Waals surface area contributed by atoms with E-state index in [2.05, 4.69) is 20.4 Å². The molecular weight excluding hydrogens is 232 g/mol. The number of aromatic nitrogens is 2. The Kier molecular flexibility index (Phi) is 2.99. The quantitative estimate of drug-likeness (QED) is 0.830. The molecule has 6 nitrogen and oxygen atoms in total. The van der Waals surface area contributed by atoms with Gasteiger partial charge in [-0.3, -0.25) is 0 Å². The summed E-state index contributed by atoms with van der Waals surface area (Å²) in [6, 6.07) is 1.40. The van der Waals surface area contributed by atoms with Crippen LogP contribution >= 0.6 is 0 Å². The number of aliphatic hydroxyl groups is 1. The lowest BCUT2D eigenvalue weighted by atomic mass is 10.0. The molecule has 3 atom stereocenters. The van der Waals surface area contributed by atoms with Crippen LogP contribution in [0, 0.1) is 0 Å². The minimum atomic E-state index is -0.169. The normalized spacial score (nSPS) is 32.8. The minimum absolute atomic E-state index is 0.0688. The lowest BCUT2D eigenvalue weighted by Crippen LogP contribution is -2.45. The van der Waals surface area contributed by atoms with Gasteiger partial charge in [0.15, 0.2) is 0 Å². The van der Waals surface area contributed by atoms with Crippen LogP contribution in [0.2, 0.25) is 0 Å². The number of hydrogen-bond donors (Lipinski definition) is 2. The van der Waals surface area contributed by atoms with Crippen LogP contribution in [-0.4, -0.2) is 40.5 Å². The molecule has 0 aromatic carbocycles. The van der Waals surface area contributed by atoms with Crippen molar-refractivity contribution in [2.24, 2.45) is 0 Å². The van der Waals surface area contributed by atoms with Gasteiger partial charge in [0, 0.05) is 12.1 Å². The Bertz CT molecular complexity index is 408. The van der Waals surface area contributed by atoms with Crippen molar-refractivity contribution in [3.05, 3.63) is 5.89 Å². The van der Waals surface area contributed by atoms with Crippen LogP contribution in [0.15, 0.2) is 4.42 Å². The summed E-state index contributed by atoms with van der Waals surface area (Å²) in [7, 11) is 1.87. The number of nitrogens with one attached hydrogen (secondary N) is 1. The summed E-state index contributed by atoms with van der Waals surface area (Å²) >= 11 is 0. The van der Waals surface area contributed by atoms with Crippen molar-refractivity contribution in [2.45, 2.75) is 56.8 Å². The lowest BCUT2D eigenvalue weighted by Gasteiger charge is -2.35. The number of fused-ring (bicyclic) bond motifs is 2. The third-order valence-corrected chi connectivity index (χ3v) is 4.16. The molecule has 2 aliphatic rings. The first-order chi connectivity index (χ1) is 8.69. The van der Waals surface area contributed by atoms with E-state index in [4.69, 9.17) is 4.42 Å². The van der Waals surface area contributed by atoms with Gasteiger partial charge >= 0.3 is 6.01 Å². The monoisotopic (exact) mass is 252 g/mol. The number of aliphatic hydroxyl groups excluding tert-OH is 1. The van der Waals surface area contributed by atoms with Crippen LogP contribution in [0.5, 0.6) is 0 Å². The van der Waals surface area contributed by atoms with Crippen LogP contribution in [-0.2, 0) is 0 Å². The van der Waals surface area contributed by atoms with Gasteiger partial charge in [0.2, 0.25) is 5.89 Å². The third-order valence-electron chi connectivity index (χ3n) is 4.16. The van der Waals surface area contributed by atoms with E-state index < -0.39 is 0 Å². The van der Waals surface area contributed by atoms with Gasteiger partial charge in [-0.15, -0.1) is 5.10 Å². The number of anilines is 1. The Morgan fingerprint density at radius 2 is 2.00 bits per heavy atom. The van der Waals surface area contributed by atoms with Crippen molar-refractivity contribution < 1.29 is 9.52 Å². The molecule has 0 spiro atoms. The van der Waals surface area contributed by atoms with Crippen LogP contribution in [0.1, 0.15) is 44.5 Å². The molecule has 2 bridgehead atoms. The average molecular weight is 252 g/mol. The fourth-order valence-corrected chi connectivity index (χ4v) is 3.09. The number of rotatable bonds is 3. The number of piperidine rings is 1. The molecule has 1 aromatic rings. The van der Waals surface area contributed by atoms with Gasteiger partial charge in [0.25, 0.3) is 0 Å². The van der Waals surface area contributed by atoms with Crippen molar-refractivity contribution in [1.82, 2.24) is 15.5 Å². The predicted molar refractivity (Wildman–Crippen MR) is 66.3 cm³/mol. The Balaban J connectivity index is 1.81. The molecule has 0 amide bonds. The second-order valence-electron chi connectivity index (χ2n) is 5.35. The standard InChI is InChI=1S/C12H20N4O2/c1-7(13-2)11-14-15-12(18-11)16-8-3-4-9(16)6-10(17)5-8/h7-10,13,17H,3-6H2,1-2H3. The summed E-state index contributed by atoms with van der Waals surface area (Å²) in [5, 5.41) is 21.1. The summed E-state index contributed by atoms with van der Waals surface area (Å²) in [6.45, 7) is 1.99. The van der Waals surface area contributed by atoms with E-state index in [1.165, 1.54) is 0 Å². The van der Waals surface area contributed by atoms with Crippen LogP contribution < -0.4 is 10.2 Å². The summed E-state index contributed by atoms with van der Waals surface area (Å²) in [5.74, 6) is 0.623. The van der Waals surface area contributed by atoms with Crippen molar-refractivity contribution >= 4 is 6.01 Å². The van der Waals surface area contributed by atoms with E-state index in [0.29, 0.717) is 24.0 Å². The van der Waals surface area contributed by atoms with Crippen molar-refractivity contribution in [3.63, 3.8) is 0 Å². The maximum Gasteiger partial charge on any atom is 0.318 e. The highest BCUT2D eigenvalue weighted by molar-refractivity contribution is 5.33. The van der Waals surface area contributed by atoms with Crippen molar-refractivity contribution in [3.8, 4) is 0 Å². The van der Waals surface area contributed by atoms with Crippen molar-refractivity contribution in [1.29, 1.82) is 0 Å². The molecule has 2 saturated heterocycles. The second-order valence-corrected chi connectivity index (χ2v) is 5.35. The maximum absolute atomic E-state index is 9.78. The van der Waals surface area contributed by atoms with Gasteiger partial charge in [-0.1, -0.05) is 5.10 Å². The molecule has 3 unspecified atom stereocenters. The molecule has 3 heterocycles. The summed E-state index contributed by atoms with van der Waals surface area (Å²) in [6.07, 6.45) is 3.69. The maximum atomic E-state index is 9.78. The number of hydrogen-bond acceptors (Lipinski definition) is 6. The van der Waals surface area contributed by atoms with E-state index >= 15 is 0 Å². The molecule has 18 heavy (non-hydrogen) atoms. The zero-order chi connectivity index (χ0) is 12.7. The highest BCUT2D eigenvalue weighted by Crippen LogP contribution is 2.38. The van der Waals surface area contributed by atoms with Crippen LogP contribution in [0.3, 0.4) is 0 Å². The lowest BCUT2D eigenvalue weighted by molar-refractivity contribution is 0.124. The molecule has 2 N–H and O–H groups in total. The Hall–Kier alpha value is -1.14. The van der Waals surface area contributed by atoms with Gasteiger partial charge in [-0.05, 0) is 39.7 Å². The highest BCUT2D eigenvalue weighted by Gasteiger charge is 2.42. The molecule has 0 aliphatic carbocycles. The zero-order valence-electron chi connectivity index (χ0n) is 10.8. The molecule has 0 saturated carbocycles. The van der Waals surface area contributed by atoms with E-state index in [9.17, 15) is 5.11 Å². The Morgan fingerprint density at radius 3 is 2.61 bits per heavy atom. The molecule has 0 radical (unpaired) electrons. The topological polar surface area (TPSA) is 74.4 Å². The van der Waals surface area contributed by atoms with E-state index in [0.717, 1.165) is 25.7 Å². The molecule has 2 fully saturated rings. The SMILES string of the molecule is CNC(C)c1nnc(N2C3CCC2CC(O)C3)o1. The summed E-state index contributed by atoms with van der Waals surface area (Å²) in [5.41, 5.74) is 0. The average Bonchev–Trinajstić information content (AvgIpc) is 2.92. The first kappa shape index (κ1) is 11.9. The fourth-order valence-electron chi connectivity index (χ4n) is 3.09. The van der Waals surface area contributed by atoms with Crippen molar-refractivity contribution in [2.75, 3.05) is 11.9 Å². The minimum Gasteiger partial charge on any atom is -0.406 e. The number of nitrogens with zero attached hydrogens (tertiary/aromatic N) is 3. The van der Waals surface area contributed by atoms with E-state index in [1.54, 1.807) is 0 Å². The van der Waals surface area contributed by atoms with Gasteiger partial charge in [0.05, 0.1) is 12.1 Å². The highest BCUT2D eigenvalue weighted by atomic mass is 16.4. The first-order valence-corrected chi connectivity index (χ1v) is 6.66. The van der Waals surface area contributed by atoms with Gasteiger partial charge < -0.3 is 19.7 Å².